The van der Waals surface area contributed by atoms with E-state index in [0.717, 1.165) is 22.1 Å². The lowest BCUT2D eigenvalue weighted by Crippen LogP contribution is -1.99. The molecule has 1 N–H and O–H groups in total. The first kappa shape index (κ1) is 13.2. The van der Waals surface area contributed by atoms with Crippen molar-refractivity contribution in [3.8, 4) is 0 Å². The minimum absolute atomic E-state index is 0.655. The first-order valence-electron chi connectivity index (χ1n) is 6.58. The maximum Gasteiger partial charge on any atom is 0.104 e. The average Bonchev–Trinajstić information content (AvgIpc) is 2.49. The Kier molecular flexibility index (Phi) is 3.47. The average molecular weight is 283 g/mol. The van der Waals surface area contributed by atoms with Crippen molar-refractivity contribution >= 4 is 22.4 Å². The number of halogens is 1. The number of rotatable bonds is 2. The van der Waals surface area contributed by atoms with Gasteiger partial charge in [-0.05, 0) is 46.5 Å². The maximum atomic E-state index is 10.5. The molecule has 0 aromatic heterocycles. The minimum atomic E-state index is -0.655. The number of aliphatic hydroxyl groups excluding tert-OH is 1. The van der Waals surface area contributed by atoms with Gasteiger partial charge in [0.25, 0.3) is 0 Å². The molecule has 0 bridgehead atoms. The molecule has 0 aliphatic rings. The van der Waals surface area contributed by atoms with Gasteiger partial charge in [0, 0.05) is 5.02 Å². The minimum Gasteiger partial charge on any atom is -0.384 e. The molecule has 1 atom stereocenters. The molecule has 100 valence electrons. The van der Waals surface area contributed by atoms with Crippen LogP contribution in [-0.2, 0) is 0 Å². The Hall–Kier alpha value is -1.83. The lowest BCUT2D eigenvalue weighted by atomic mass is 9.98. The van der Waals surface area contributed by atoms with Gasteiger partial charge in [0.15, 0.2) is 0 Å². The third kappa shape index (κ3) is 2.43. The van der Waals surface area contributed by atoms with Crippen LogP contribution >= 0.6 is 11.6 Å². The van der Waals surface area contributed by atoms with Gasteiger partial charge in [-0.15, -0.1) is 0 Å². The Labute approximate surface area is 123 Å². The number of aliphatic hydroxyl groups is 1. The van der Waals surface area contributed by atoms with Gasteiger partial charge >= 0.3 is 0 Å². The summed E-state index contributed by atoms with van der Waals surface area (Å²) in [6, 6.07) is 19.8. The Morgan fingerprint density at radius 3 is 2.25 bits per heavy atom. The molecule has 1 unspecified atom stereocenters. The van der Waals surface area contributed by atoms with Gasteiger partial charge in [-0.2, -0.15) is 0 Å². The van der Waals surface area contributed by atoms with Crippen molar-refractivity contribution in [3.63, 3.8) is 0 Å². The van der Waals surface area contributed by atoms with E-state index in [1.165, 1.54) is 5.39 Å². The molecular formula is C18H15ClO. The summed E-state index contributed by atoms with van der Waals surface area (Å²) in [6.45, 7) is 1.95. The maximum absolute atomic E-state index is 10.5. The Morgan fingerprint density at radius 2 is 1.50 bits per heavy atom. The van der Waals surface area contributed by atoms with Gasteiger partial charge in [0.05, 0.1) is 0 Å². The van der Waals surface area contributed by atoms with E-state index in [1.807, 2.05) is 61.5 Å². The largest absolute Gasteiger partial charge is 0.384 e. The van der Waals surface area contributed by atoms with Gasteiger partial charge in [-0.3, -0.25) is 0 Å². The van der Waals surface area contributed by atoms with Gasteiger partial charge in [0.1, 0.15) is 6.10 Å². The van der Waals surface area contributed by atoms with E-state index >= 15 is 0 Å². The fourth-order valence-electron chi connectivity index (χ4n) is 2.35. The Bertz CT molecular complexity index is 764. The molecule has 0 aliphatic carbocycles. The van der Waals surface area contributed by atoms with Gasteiger partial charge in [-0.1, -0.05) is 60.1 Å². The smallest absolute Gasteiger partial charge is 0.104 e. The zero-order valence-electron chi connectivity index (χ0n) is 11.2. The molecule has 20 heavy (non-hydrogen) atoms. The molecule has 0 saturated carbocycles. The van der Waals surface area contributed by atoms with Crippen LogP contribution in [0.4, 0.5) is 0 Å². The highest BCUT2D eigenvalue weighted by molar-refractivity contribution is 6.31. The molecule has 0 fully saturated rings. The van der Waals surface area contributed by atoms with E-state index in [-0.39, 0.29) is 0 Å². The summed E-state index contributed by atoms with van der Waals surface area (Å²) in [5, 5.41) is 13.5. The summed E-state index contributed by atoms with van der Waals surface area (Å²) >= 11 is 6.13. The fourth-order valence-corrected chi connectivity index (χ4v) is 2.54. The van der Waals surface area contributed by atoms with Crippen LogP contribution in [0.2, 0.25) is 5.02 Å². The quantitative estimate of drug-likeness (QED) is 0.710. The van der Waals surface area contributed by atoms with E-state index < -0.39 is 6.10 Å². The summed E-state index contributed by atoms with van der Waals surface area (Å²) in [4.78, 5) is 0. The van der Waals surface area contributed by atoms with Gasteiger partial charge in [-0.25, -0.2) is 0 Å². The predicted octanol–water partition coefficient (Wildman–Crippen LogP) is 4.88. The van der Waals surface area contributed by atoms with E-state index in [0.29, 0.717) is 5.02 Å². The van der Waals surface area contributed by atoms with Crippen LogP contribution in [0.5, 0.6) is 0 Å². The number of benzene rings is 3. The topological polar surface area (TPSA) is 20.2 Å². The fraction of sp³-hybridized carbons (Fsp3) is 0.111. The normalized spacial score (nSPS) is 12.6. The van der Waals surface area contributed by atoms with Crippen LogP contribution in [0.15, 0.2) is 60.7 Å². The summed E-state index contributed by atoms with van der Waals surface area (Å²) in [5.74, 6) is 0. The molecule has 3 rings (SSSR count). The molecule has 0 spiro atoms. The zero-order valence-corrected chi connectivity index (χ0v) is 11.9. The van der Waals surface area contributed by atoms with Crippen molar-refractivity contribution in [2.24, 2.45) is 0 Å². The highest BCUT2D eigenvalue weighted by atomic mass is 35.5. The molecule has 0 heterocycles. The number of fused-ring (bicyclic) bond motifs is 1. The van der Waals surface area contributed by atoms with Crippen LogP contribution in [0.1, 0.15) is 22.8 Å². The van der Waals surface area contributed by atoms with Gasteiger partial charge in [0.2, 0.25) is 0 Å². The van der Waals surface area contributed by atoms with Gasteiger partial charge < -0.3 is 5.11 Å². The van der Waals surface area contributed by atoms with Crippen LogP contribution < -0.4 is 0 Å². The zero-order chi connectivity index (χ0) is 14.1. The highest BCUT2D eigenvalue weighted by Crippen LogP contribution is 2.28. The molecule has 3 aromatic carbocycles. The third-order valence-electron chi connectivity index (χ3n) is 3.60. The van der Waals surface area contributed by atoms with E-state index in [1.54, 1.807) is 0 Å². The molecule has 0 amide bonds. The molecular weight excluding hydrogens is 268 g/mol. The van der Waals surface area contributed by atoms with Crippen molar-refractivity contribution < 1.29 is 5.11 Å². The summed E-state index contributed by atoms with van der Waals surface area (Å²) in [6.07, 6.45) is -0.655. The molecule has 1 nitrogen and oxygen atoms in total. The number of aryl methyl sites for hydroxylation is 1. The van der Waals surface area contributed by atoms with Crippen LogP contribution in [0.25, 0.3) is 10.8 Å². The van der Waals surface area contributed by atoms with Crippen molar-refractivity contribution in [3.05, 3.63) is 82.4 Å². The lowest BCUT2D eigenvalue weighted by Gasteiger charge is -2.13. The Balaban J connectivity index is 2.02. The SMILES string of the molecule is Cc1ccc(C(O)c2ccc3ccccc3c2)cc1Cl. The second-order valence-corrected chi connectivity index (χ2v) is 5.42. The van der Waals surface area contributed by atoms with E-state index in [9.17, 15) is 5.11 Å². The monoisotopic (exact) mass is 282 g/mol. The molecule has 3 aromatic rings. The molecule has 0 radical (unpaired) electrons. The lowest BCUT2D eigenvalue weighted by molar-refractivity contribution is 0.220. The summed E-state index contributed by atoms with van der Waals surface area (Å²) < 4.78 is 0. The van der Waals surface area contributed by atoms with Crippen LogP contribution in [0.3, 0.4) is 0 Å². The predicted molar refractivity (Wildman–Crippen MR) is 84.2 cm³/mol. The molecule has 0 saturated heterocycles. The van der Waals surface area contributed by atoms with Crippen molar-refractivity contribution in [1.29, 1.82) is 0 Å². The van der Waals surface area contributed by atoms with E-state index in [4.69, 9.17) is 11.6 Å². The van der Waals surface area contributed by atoms with E-state index in [2.05, 4.69) is 6.07 Å². The van der Waals surface area contributed by atoms with Crippen LogP contribution in [0, 0.1) is 6.92 Å². The second kappa shape index (κ2) is 5.28. The first-order valence-corrected chi connectivity index (χ1v) is 6.96. The molecule has 2 heteroatoms. The van der Waals surface area contributed by atoms with Crippen molar-refractivity contribution in [2.75, 3.05) is 0 Å². The Morgan fingerprint density at radius 1 is 0.850 bits per heavy atom. The van der Waals surface area contributed by atoms with Crippen LogP contribution in [-0.4, -0.2) is 5.11 Å². The summed E-state index contributed by atoms with van der Waals surface area (Å²) in [5.41, 5.74) is 2.71. The van der Waals surface area contributed by atoms with Crippen molar-refractivity contribution in [1.82, 2.24) is 0 Å². The summed E-state index contributed by atoms with van der Waals surface area (Å²) in [7, 11) is 0. The number of hydrogen-bond acceptors (Lipinski definition) is 1. The molecule has 0 aliphatic heterocycles. The highest BCUT2D eigenvalue weighted by Gasteiger charge is 2.12. The first-order chi connectivity index (χ1) is 9.65. The van der Waals surface area contributed by atoms with Crippen molar-refractivity contribution in [2.45, 2.75) is 13.0 Å². The number of hydrogen-bond donors (Lipinski definition) is 1. The third-order valence-corrected chi connectivity index (χ3v) is 4.01. The standard InChI is InChI=1S/C18H15ClO/c1-12-6-7-16(11-17(12)19)18(20)15-9-8-13-4-2-3-5-14(13)10-15/h2-11,18,20H,1H3. The second-order valence-electron chi connectivity index (χ2n) is 5.02.